The lowest BCUT2D eigenvalue weighted by atomic mass is 9.81. The molecule has 0 radical (unpaired) electrons. The minimum absolute atomic E-state index is 0.0653. The second-order valence-electron chi connectivity index (χ2n) is 7.04. The van der Waals surface area contributed by atoms with Crippen LogP contribution in [0.4, 0.5) is 0 Å². The van der Waals surface area contributed by atoms with Gasteiger partial charge in [0.05, 0.1) is 12.0 Å². The molecule has 2 rings (SSSR count). The van der Waals surface area contributed by atoms with Crippen molar-refractivity contribution in [1.29, 1.82) is 0 Å². The first-order valence-corrected chi connectivity index (χ1v) is 9.05. The molecule has 0 bridgehead atoms. The molecule has 2 atom stereocenters. The summed E-state index contributed by atoms with van der Waals surface area (Å²) in [7, 11) is 0. The summed E-state index contributed by atoms with van der Waals surface area (Å²) in [5.74, 6) is -1.50. The van der Waals surface area contributed by atoms with E-state index < -0.39 is 12.0 Å². The number of nitrogens with one attached hydrogen (secondary N) is 2. The monoisotopic (exact) mass is 361 g/mol. The molecule has 142 valence electrons. The van der Waals surface area contributed by atoms with Crippen LogP contribution in [0.25, 0.3) is 0 Å². The smallest absolute Gasteiger partial charge is 0.277 e. The second-order valence-corrected chi connectivity index (χ2v) is 7.04. The number of carboxylic acid groups (broad SMARTS) is 1. The highest BCUT2D eigenvalue weighted by molar-refractivity contribution is 5.85. The van der Waals surface area contributed by atoms with Gasteiger partial charge in [0, 0.05) is 12.5 Å². The number of carboxylic acids is 1. The number of hydrogen-bond donors (Lipinski definition) is 3. The van der Waals surface area contributed by atoms with E-state index in [-0.39, 0.29) is 23.8 Å². The first-order valence-electron chi connectivity index (χ1n) is 9.05. The van der Waals surface area contributed by atoms with Crippen LogP contribution in [0.15, 0.2) is 30.3 Å². The van der Waals surface area contributed by atoms with Crippen LogP contribution in [0.3, 0.4) is 0 Å². The third kappa shape index (κ3) is 5.56. The molecular weight excluding hydrogens is 334 g/mol. The van der Waals surface area contributed by atoms with Crippen LogP contribution in [0.5, 0.6) is 0 Å². The van der Waals surface area contributed by atoms with Crippen molar-refractivity contribution in [2.45, 2.75) is 44.7 Å². The molecule has 0 unspecified atom stereocenters. The Labute approximate surface area is 153 Å². The molecule has 7 nitrogen and oxygen atoms in total. The normalized spacial score (nSPS) is 22.1. The zero-order valence-electron chi connectivity index (χ0n) is 15.1. The number of rotatable bonds is 7. The van der Waals surface area contributed by atoms with Crippen LogP contribution < -0.4 is 21.5 Å². The van der Waals surface area contributed by atoms with Crippen LogP contribution in [0.2, 0.25) is 0 Å². The van der Waals surface area contributed by atoms with Gasteiger partial charge in [-0.3, -0.25) is 9.59 Å². The Kier molecular flexibility index (Phi) is 7.15. The minimum Gasteiger partial charge on any atom is -0.548 e. The van der Waals surface area contributed by atoms with Gasteiger partial charge in [-0.2, -0.15) is 0 Å². The molecule has 7 heteroatoms. The maximum Gasteiger partial charge on any atom is 0.277 e. The van der Waals surface area contributed by atoms with Crippen molar-refractivity contribution < 1.29 is 25.2 Å². The van der Waals surface area contributed by atoms with E-state index in [2.05, 4.69) is 16.4 Å². The Bertz CT molecular complexity index is 625. The second kappa shape index (κ2) is 9.33. The van der Waals surface area contributed by atoms with E-state index in [1.807, 2.05) is 0 Å². The fourth-order valence-electron chi connectivity index (χ4n) is 3.23. The predicted octanol–water partition coefficient (Wildman–Crippen LogP) is -0.853. The lowest BCUT2D eigenvalue weighted by molar-refractivity contribution is -0.398. The predicted molar refractivity (Wildman–Crippen MR) is 93.1 cm³/mol. The maximum absolute atomic E-state index is 12.5. The third-order valence-electron chi connectivity index (χ3n) is 4.89. The summed E-state index contributed by atoms with van der Waals surface area (Å²) < 4.78 is 0. The SMILES string of the molecule is C[C@@H]([NH3+])C(=O)NCC1CCC(C(=O)N[C@@H](C(=O)[O-])c2ccccc2)CC1. The average molecular weight is 361 g/mol. The summed E-state index contributed by atoms with van der Waals surface area (Å²) >= 11 is 0. The summed E-state index contributed by atoms with van der Waals surface area (Å²) in [6.45, 7) is 2.34. The van der Waals surface area contributed by atoms with Gasteiger partial charge in [-0.15, -0.1) is 0 Å². The summed E-state index contributed by atoms with van der Waals surface area (Å²) in [6, 6.07) is 7.13. The number of carbonyl (C=O) groups is 3. The Hall–Kier alpha value is -2.41. The van der Waals surface area contributed by atoms with Crippen molar-refractivity contribution in [3.05, 3.63) is 35.9 Å². The summed E-state index contributed by atoms with van der Waals surface area (Å²) in [4.78, 5) is 35.4. The fourth-order valence-corrected chi connectivity index (χ4v) is 3.23. The number of amides is 2. The average Bonchev–Trinajstić information content (AvgIpc) is 2.64. The Morgan fingerprint density at radius 3 is 2.31 bits per heavy atom. The lowest BCUT2D eigenvalue weighted by Gasteiger charge is -2.29. The molecule has 0 heterocycles. The number of benzene rings is 1. The zero-order valence-corrected chi connectivity index (χ0v) is 15.1. The summed E-state index contributed by atoms with van der Waals surface area (Å²) in [6.07, 6.45) is 3.01. The molecular formula is C19H27N3O4. The first kappa shape index (κ1) is 19.9. The van der Waals surface area contributed by atoms with E-state index in [0.29, 0.717) is 30.9 Å². The topological polar surface area (TPSA) is 126 Å². The number of carbonyl (C=O) groups excluding carboxylic acids is 3. The molecule has 1 saturated carbocycles. The van der Waals surface area contributed by atoms with E-state index in [4.69, 9.17) is 0 Å². The highest BCUT2D eigenvalue weighted by Crippen LogP contribution is 2.29. The molecule has 26 heavy (non-hydrogen) atoms. The van der Waals surface area contributed by atoms with E-state index in [1.165, 1.54) is 0 Å². The standard InChI is InChI=1S/C19H27N3O4/c1-12(20)17(23)21-11-13-7-9-15(10-8-13)18(24)22-16(19(25)26)14-5-3-2-4-6-14/h2-6,12-13,15-16H,7-11,20H2,1H3,(H,21,23)(H,22,24)(H,25,26)/t12-,13?,15?,16-/m1/s1. The molecule has 5 N–H and O–H groups in total. The van der Waals surface area contributed by atoms with Crippen molar-refractivity contribution in [3.63, 3.8) is 0 Å². The van der Waals surface area contributed by atoms with E-state index in [9.17, 15) is 19.5 Å². The van der Waals surface area contributed by atoms with Crippen LogP contribution >= 0.6 is 0 Å². The maximum atomic E-state index is 12.5. The van der Waals surface area contributed by atoms with Gasteiger partial charge in [0.1, 0.15) is 0 Å². The zero-order chi connectivity index (χ0) is 19.1. The van der Waals surface area contributed by atoms with Gasteiger partial charge in [-0.1, -0.05) is 30.3 Å². The fraction of sp³-hybridized carbons (Fsp3) is 0.526. The number of hydrogen-bond acceptors (Lipinski definition) is 4. The molecule has 1 aliphatic rings. The largest absolute Gasteiger partial charge is 0.548 e. The third-order valence-corrected chi connectivity index (χ3v) is 4.89. The molecule has 1 fully saturated rings. The Morgan fingerprint density at radius 2 is 1.77 bits per heavy atom. The molecule has 0 saturated heterocycles. The van der Waals surface area contributed by atoms with Crippen LogP contribution in [0, 0.1) is 11.8 Å². The van der Waals surface area contributed by atoms with Gasteiger partial charge in [0.15, 0.2) is 6.04 Å². The summed E-state index contributed by atoms with van der Waals surface area (Å²) in [5.41, 5.74) is 4.19. The van der Waals surface area contributed by atoms with Crippen LogP contribution in [-0.2, 0) is 14.4 Å². The Morgan fingerprint density at radius 1 is 1.15 bits per heavy atom. The van der Waals surface area contributed by atoms with Gasteiger partial charge in [0.2, 0.25) is 5.91 Å². The van der Waals surface area contributed by atoms with Gasteiger partial charge >= 0.3 is 0 Å². The van der Waals surface area contributed by atoms with Crippen molar-refractivity contribution in [3.8, 4) is 0 Å². The van der Waals surface area contributed by atoms with Gasteiger partial charge < -0.3 is 26.3 Å². The molecule has 2 amide bonds. The van der Waals surface area contributed by atoms with Gasteiger partial charge in [0.25, 0.3) is 5.91 Å². The highest BCUT2D eigenvalue weighted by atomic mass is 16.4. The van der Waals surface area contributed by atoms with E-state index in [1.54, 1.807) is 37.3 Å². The first-order chi connectivity index (χ1) is 12.4. The van der Waals surface area contributed by atoms with Crippen LogP contribution in [0.1, 0.15) is 44.2 Å². The van der Waals surface area contributed by atoms with Gasteiger partial charge in [-0.25, -0.2) is 0 Å². The Balaban J connectivity index is 1.84. The molecule has 1 aromatic rings. The number of quaternary nitrogens is 1. The molecule has 0 aliphatic heterocycles. The molecule has 1 aliphatic carbocycles. The highest BCUT2D eigenvalue weighted by Gasteiger charge is 2.28. The quantitative estimate of drug-likeness (QED) is 0.584. The minimum atomic E-state index is -1.32. The molecule has 1 aromatic carbocycles. The molecule has 0 aromatic heterocycles. The summed E-state index contributed by atoms with van der Waals surface area (Å²) in [5, 5.41) is 16.9. The number of aliphatic carboxylic acids is 1. The van der Waals surface area contributed by atoms with Crippen molar-refractivity contribution in [2.75, 3.05) is 6.54 Å². The van der Waals surface area contributed by atoms with Gasteiger partial charge in [-0.05, 0) is 44.1 Å². The molecule has 0 spiro atoms. The van der Waals surface area contributed by atoms with Crippen molar-refractivity contribution in [2.24, 2.45) is 11.8 Å². The lowest BCUT2D eigenvalue weighted by Crippen LogP contribution is -2.66. The van der Waals surface area contributed by atoms with Crippen LogP contribution in [-0.4, -0.2) is 30.4 Å². The van der Waals surface area contributed by atoms with E-state index in [0.717, 1.165) is 12.8 Å². The van der Waals surface area contributed by atoms with Crippen molar-refractivity contribution >= 4 is 17.8 Å². The van der Waals surface area contributed by atoms with Crippen molar-refractivity contribution in [1.82, 2.24) is 10.6 Å². The van der Waals surface area contributed by atoms with E-state index >= 15 is 0 Å².